The van der Waals surface area contributed by atoms with Gasteiger partial charge in [0, 0.05) is 6.07 Å². The molecule has 0 fully saturated rings. The van der Waals surface area contributed by atoms with E-state index >= 15 is 0 Å². The summed E-state index contributed by atoms with van der Waals surface area (Å²) < 4.78 is 12.4. The highest BCUT2D eigenvalue weighted by molar-refractivity contribution is 5.92. The van der Waals surface area contributed by atoms with Crippen LogP contribution in [0.3, 0.4) is 0 Å². The zero-order valence-corrected chi connectivity index (χ0v) is 13.3. The Morgan fingerprint density at radius 1 is 1.25 bits per heavy atom. The van der Waals surface area contributed by atoms with Gasteiger partial charge in [-0.15, -0.1) is 5.10 Å². The number of benzene rings is 1. The highest BCUT2D eigenvalue weighted by Gasteiger charge is 2.03. The van der Waals surface area contributed by atoms with Crippen LogP contribution in [0.1, 0.15) is 5.69 Å². The summed E-state index contributed by atoms with van der Waals surface area (Å²) >= 11 is 0. The summed E-state index contributed by atoms with van der Waals surface area (Å²) in [5.41, 5.74) is 16.6. The predicted octanol–water partition coefficient (Wildman–Crippen LogP) is -0.546. The molecule has 6 N–H and O–H groups in total. The Hall–Kier alpha value is -3.30. The number of guanidine groups is 2. The summed E-state index contributed by atoms with van der Waals surface area (Å²) in [4.78, 5) is 7.61. The quantitative estimate of drug-likeness (QED) is 0.454. The van der Waals surface area contributed by atoms with Crippen LogP contribution >= 0.6 is 0 Å². The van der Waals surface area contributed by atoms with E-state index in [4.69, 9.17) is 26.7 Å². The number of nitrogens with zero attached hydrogens (tertiary/aromatic N) is 5. The minimum Gasteiger partial charge on any atom is -0.497 e. The Morgan fingerprint density at radius 3 is 2.79 bits per heavy atom. The van der Waals surface area contributed by atoms with Gasteiger partial charge in [-0.2, -0.15) is 4.99 Å². The van der Waals surface area contributed by atoms with Gasteiger partial charge in [-0.05, 0) is 12.1 Å². The SMILES string of the molecule is COc1cccc(OCc2cn(CCN=C(N)N=C(N)N)nn2)c1. The molecule has 2 rings (SSSR count). The number of ether oxygens (including phenoxy) is 2. The maximum absolute atomic E-state index is 5.65. The summed E-state index contributed by atoms with van der Waals surface area (Å²) in [6.45, 7) is 1.17. The maximum Gasteiger partial charge on any atom is 0.218 e. The molecular weight excluding hydrogens is 312 g/mol. The number of hydrogen-bond donors (Lipinski definition) is 3. The van der Waals surface area contributed by atoms with Gasteiger partial charge in [0.15, 0.2) is 5.96 Å². The first kappa shape index (κ1) is 17.1. The van der Waals surface area contributed by atoms with Gasteiger partial charge in [-0.25, -0.2) is 4.99 Å². The standard InChI is InChI=1S/C14H20N8O2/c1-23-11-3-2-4-12(7-11)24-9-10-8-22(21-20-10)6-5-18-14(17)19-13(15)16/h2-4,7-8H,5-6,9H2,1H3,(H6,15,16,17,18,19). The summed E-state index contributed by atoms with van der Waals surface area (Å²) in [5, 5.41) is 8.02. The van der Waals surface area contributed by atoms with E-state index < -0.39 is 0 Å². The molecule has 0 aliphatic rings. The second-order valence-electron chi connectivity index (χ2n) is 4.72. The Morgan fingerprint density at radius 2 is 2.04 bits per heavy atom. The molecular formula is C14H20N8O2. The van der Waals surface area contributed by atoms with Crippen LogP contribution in [0.2, 0.25) is 0 Å². The van der Waals surface area contributed by atoms with Crippen molar-refractivity contribution in [3.05, 3.63) is 36.2 Å². The lowest BCUT2D eigenvalue weighted by Crippen LogP contribution is -2.26. The molecule has 0 saturated carbocycles. The van der Waals surface area contributed by atoms with Crippen molar-refractivity contribution in [2.45, 2.75) is 13.2 Å². The van der Waals surface area contributed by atoms with Gasteiger partial charge in [0.05, 0.1) is 26.4 Å². The van der Waals surface area contributed by atoms with Crippen molar-refractivity contribution in [2.24, 2.45) is 27.2 Å². The third-order valence-electron chi connectivity index (χ3n) is 2.86. The fourth-order valence-corrected chi connectivity index (χ4v) is 1.80. The largest absolute Gasteiger partial charge is 0.497 e. The Bertz CT molecular complexity index is 721. The predicted molar refractivity (Wildman–Crippen MR) is 89.6 cm³/mol. The first-order valence-electron chi connectivity index (χ1n) is 7.12. The van der Waals surface area contributed by atoms with Crippen LogP contribution in [0.5, 0.6) is 11.5 Å². The monoisotopic (exact) mass is 332 g/mol. The van der Waals surface area contributed by atoms with E-state index in [1.807, 2.05) is 18.2 Å². The smallest absolute Gasteiger partial charge is 0.218 e. The van der Waals surface area contributed by atoms with Crippen molar-refractivity contribution >= 4 is 11.9 Å². The van der Waals surface area contributed by atoms with Crippen LogP contribution < -0.4 is 26.7 Å². The highest BCUT2D eigenvalue weighted by atomic mass is 16.5. The molecule has 0 atom stereocenters. The van der Waals surface area contributed by atoms with Gasteiger partial charge in [0.1, 0.15) is 23.8 Å². The average molecular weight is 332 g/mol. The molecule has 10 nitrogen and oxygen atoms in total. The van der Waals surface area contributed by atoms with Gasteiger partial charge in [0.2, 0.25) is 5.96 Å². The van der Waals surface area contributed by atoms with Gasteiger partial charge in [-0.1, -0.05) is 11.3 Å². The molecule has 24 heavy (non-hydrogen) atoms. The van der Waals surface area contributed by atoms with Crippen molar-refractivity contribution in [2.75, 3.05) is 13.7 Å². The zero-order chi connectivity index (χ0) is 17.4. The second kappa shape index (κ2) is 8.36. The third-order valence-corrected chi connectivity index (χ3v) is 2.86. The Kier molecular flexibility index (Phi) is 5.95. The van der Waals surface area contributed by atoms with E-state index in [9.17, 15) is 0 Å². The zero-order valence-electron chi connectivity index (χ0n) is 13.3. The molecule has 0 spiro atoms. The van der Waals surface area contributed by atoms with Crippen LogP contribution in [-0.4, -0.2) is 40.6 Å². The van der Waals surface area contributed by atoms with Crippen LogP contribution in [0.25, 0.3) is 0 Å². The lowest BCUT2D eigenvalue weighted by molar-refractivity contribution is 0.298. The Balaban J connectivity index is 1.83. The molecule has 0 aliphatic carbocycles. The van der Waals surface area contributed by atoms with E-state index in [-0.39, 0.29) is 11.9 Å². The minimum absolute atomic E-state index is 0.0247. The van der Waals surface area contributed by atoms with Gasteiger partial charge in [0.25, 0.3) is 0 Å². The number of hydrogen-bond acceptors (Lipinski definition) is 5. The van der Waals surface area contributed by atoms with Crippen LogP contribution in [0.4, 0.5) is 0 Å². The first-order valence-corrected chi connectivity index (χ1v) is 7.12. The van der Waals surface area contributed by atoms with Crippen molar-refractivity contribution < 1.29 is 9.47 Å². The molecule has 1 aromatic carbocycles. The normalized spacial score (nSPS) is 11.1. The molecule has 0 amide bonds. The summed E-state index contributed by atoms with van der Waals surface area (Å²) in [5.74, 6) is 1.32. The van der Waals surface area contributed by atoms with E-state index in [1.54, 1.807) is 24.1 Å². The summed E-state index contributed by atoms with van der Waals surface area (Å²) in [6.07, 6.45) is 1.77. The molecule has 128 valence electrons. The topological polar surface area (TPSA) is 152 Å². The van der Waals surface area contributed by atoms with Crippen molar-refractivity contribution in [1.82, 2.24) is 15.0 Å². The molecule has 0 radical (unpaired) electrons. The molecule has 0 bridgehead atoms. The van der Waals surface area contributed by atoms with Gasteiger partial charge in [-0.3, -0.25) is 4.68 Å². The lowest BCUT2D eigenvalue weighted by Gasteiger charge is -2.05. The van der Waals surface area contributed by atoms with Gasteiger partial charge >= 0.3 is 0 Å². The van der Waals surface area contributed by atoms with Crippen molar-refractivity contribution in [3.8, 4) is 11.5 Å². The first-order chi connectivity index (χ1) is 11.6. The Labute approximate surface area is 139 Å². The fraction of sp³-hybridized carbons (Fsp3) is 0.286. The highest BCUT2D eigenvalue weighted by Crippen LogP contribution is 2.19. The molecule has 0 unspecified atom stereocenters. The minimum atomic E-state index is -0.131. The summed E-state index contributed by atoms with van der Waals surface area (Å²) in [6, 6.07) is 7.33. The number of methoxy groups -OCH3 is 1. The van der Waals surface area contributed by atoms with Crippen molar-refractivity contribution in [3.63, 3.8) is 0 Å². The lowest BCUT2D eigenvalue weighted by atomic mass is 10.3. The van der Waals surface area contributed by atoms with E-state index in [0.29, 0.717) is 31.1 Å². The van der Waals surface area contributed by atoms with Crippen molar-refractivity contribution in [1.29, 1.82) is 0 Å². The molecule has 1 heterocycles. The number of nitrogens with two attached hydrogens (primary N) is 3. The average Bonchev–Trinajstić information content (AvgIpc) is 3.00. The van der Waals surface area contributed by atoms with Crippen LogP contribution in [-0.2, 0) is 13.2 Å². The fourth-order valence-electron chi connectivity index (χ4n) is 1.80. The maximum atomic E-state index is 5.65. The third kappa shape index (κ3) is 5.48. The van der Waals surface area contributed by atoms with Gasteiger partial charge < -0.3 is 26.7 Å². The molecule has 2 aromatic rings. The molecule has 0 saturated heterocycles. The second-order valence-corrected chi connectivity index (χ2v) is 4.72. The molecule has 1 aromatic heterocycles. The van der Waals surface area contributed by atoms with Crippen LogP contribution in [0, 0.1) is 0 Å². The number of rotatable bonds is 7. The number of aliphatic imine (C=N–C) groups is 2. The van der Waals surface area contributed by atoms with E-state index in [1.165, 1.54) is 0 Å². The van der Waals surface area contributed by atoms with Crippen LogP contribution in [0.15, 0.2) is 40.4 Å². The molecule has 0 aliphatic heterocycles. The number of aromatic nitrogens is 3. The van der Waals surface area contributed by atoms with E-state index in [0.717, 1.165) is 5.75 Å². The summed E-state index contributed by atoms with van der Waals surface area (Å²) in [7, 11) is 1.60. The van der Waals surface area contributed by atoms with E-state index in [2.05, 4.69) is 20.3 Å². The molecule has 10 heteroatoms.